The molecule has 7 aliphatic heterocycles. The second-order valence-corrected chi connectivity index (χ2v) is 22.4. The molecule has 24 heteroatoms. The highest BCUT2D eigenvalue weighted by Gasteiger charge is 2.37. The van der Waals surface area contributed by atoms with Crippen molar-refractivity contribution in [1.82, 2.24) is 50.6 Å². The zero-order chi connectivity index (χ0) is 60.2. The van der Waals surface area contributed by atoms with E-state index in [1.54, 1.807) is 17.1 Å². The molecular weight excluding hydrogens is 1110 g/mol. The Hall–Kier alpha value is -8.87. The zero-order valence-electron chi connectivity index (χ0n) is 49.1. The summed E-state index contributed by atoms with van der Waals surface area (Å²) in [5.41, 5.74) is 10.6. The van der Waals surface area contributed by atoms with Crippen LogP contribution in [0.3, 0.4) is 0 Å². The number of hydrogen-bond donors (Lipinski definition) is 5. The van der Waals surface area contributed by atoms with Crippen molar-refractivity contribution < 1.29 is 61.8 Å². The Kier molecular flexibility index (Phi) is 19.5. The molecule has 0 aliphatic carbocycles. The van der Waals surface area contributed by atoms with E-state index in [9.17, 15) is 19.2 Å². The van der Waals surface area contributed by atoms with Gasteiger partial charge in [-0.1, -0.05) is 24.3 Å². The van der Waals surface area contributed by atoms with E-state index < -0.39 is 17.7 Å². The molecule has 13 rings (SSSR count). The van der Waals surface area contributed by atoms with Crippen LogP contribution >= 0.6 is 0 Å². The number of fused-ring (bicyclic) bond motifs is 4. The van der Waals surface area contributed by atoms with Crippen molar-refractivity contribution in [2.45, 2.75) is 129 Å². The summed E-state index contributed by atoms with van der Waals surface area (Å²) in [5.74, 6) is 6.52. The van der Waals surface area contributed by atoms with Gasteiger partial charge in [0.15, 0.2) is 46.0 Å². The predicted octanol–water partition coefficient (Wildman–Crippen LogP) is 6.63. The number of imidazole rings is 1. The van der Waals surface area contributed by atoms with Crippen molar-refractivity contribution in [1.29, 1.82) is 0 Å². The maximum atomic E-state index is 13.1. The number of rotatable bonds is 13. The number of ether oxygens (including phenoxy) is 9. The van der Waals surface area contributed by atoms with Gasteiger partial charge in [0.25, 0.3) is 0 Å². The average Bonchev–Trinajstić information content (AvgIpc) is 3.41. The first kappa shape index (κ1) is 60.3. The Morgan fingerprint density at radius 2 is 1.12 bits per heavy atom. The van der Waals surface area contributed by atoms with Gasteiger partial charge >= 0.3 is 6.09 Å². The summed E-state index contributed by atoms with van der Waals surface area (Å²) in [5, 5.41) is 12.1. The van der Waals surface area contributed by atoms with Gasteiger partial charge in [-0.25, -0.2) is 19.7 Å². The number of nitrogens with zero attached hydrogens (tertiary/aromatic N) is 6. The fourth-order valence-corrected chi connectivity index (χ4v) is 10.6. The SMILES string of the molecule is CC(C)(C)OC(=O)N1CCCC1C(=O)NCc1ccc2c(c1)OCO2.Cc1cc(C(C)N2CCC[C@@H]2C(=O)NCc2ccc3c(c2)OCO3)nc(-n2ccnc2)n1.NCc1ccc2c(c1)OCO2.O=C(NCc1ccc2c(c1)OCO2)C1CCCN1. The fourth-order valence-electron chi connectivity index (χ4n) is 10.6. The van der Waals surface area contributed by atoms with E-state index in [-0.39, 0.29) is 56.2 Å². The van der Waals surface area contributed by atoms with Crippen LogP contribution in [-0.4, -0.2) is 124 Å². The van der Waals surface area contributed by atoms with Crippen LogP contribution in [0.5, 0.6) is 46.0 Å². The van der Waals surface area contributed by atoms with Crippen LogP contribution in [0.1, 0.15) is 106 Å². The monoisotopic (exact) mass is 1180 g/mol. The van der Waals surface area contributed by atoms with E-state index in [0.717, 1.165) is 113 Å². The van der Waals surface area contributed by atoms with Crippen molar-refractivity contribution in [3.05, 3.63) is 131 Å². The van der Waals surface area contributed by atoms with Crippen LogP contribution in [0.2, 0.25) is 0 Å². The summed E-state index contributed by atoms with van der Waals surface area (Å²) >= 11 is 0. The molecule has 456 valence electrons. The first-order valence-electron chi connectivity index (χ1n) is 29.0. The minimum absolute atomic E-state index is 0.0113. The molecule has 86 heavy (non-hydrogen) atoms. The van der Waals surface area contributed by atoms with E-state index in [0.29, 0.717) is 63.4 Å². The Morgan fingerprint density at radius 3 is 1.62 bits per heavy atom. The lowest BCUT2D eigenvalue weighted by Crippen LogP contribution is -2.47. The molecule has 6 aromatic rings. The van der Waals surface area contributed by atoms with Gasteiger partial charge in [-0.3, -0.25) is 28.8 Å². The van der Waals surface area contributed by atoms with E-state index in [2.05, 4.69) is 43.1 Å². The first-order chi connectivity index (χ1) is 41.6. The third-order valence-electron chi connectivity index (χ3n) is 15.1. The zero-order valence-corrected chi connectivity index (χ0v) is 49.1. The number of amides is 4. The van der Waals surface area contributed by atoms with Crippen LogP contribution in [0.15, 0.2) is 97.6 Å². The normalized spacial score (nSPS) is 18.6. The number of aromatic nitrogens is 4. The van der Waals surface area contributed by atoms with Crippen molar-refractivity contribution >= 4 is 23.8 Å². The van der Waals surface area contributed by atoms with Gasteiger partial charge in [-0.15, -0.1) is 0 Å². The van der Waals surface area contributed by atoms with Gasteiger partial charge in [-0.2, -0.15) is 0 Å². The van der Waals surface area contributed by atoms with Crippen LogP contribution < -0.4 is 64.9 Å². The van der Waals surface area contributed by atoms with E-state index in [1.807, 2.05) is 113 Å². The molecule has 4 atom stereocenters. The summed E-state index contributed by atoms with van der Waals surface area (Å²) < 4.78 is 49.4. The van der Waals surface area contributed by atoms with Gasteiger partial charge in [-0.05, 0) is 163 Å². The topological polar surface area (TPSA) is 276 Å². The van der Waals surface area contributed by atoms with Crippen LogP contribution in [0.25, 0.3) is 5.95 Å². The molecule has 0 bridgehead atoms. The Balaban J connectivity index is 0.000000135. The second-order valence-electron chi connectivity index (χ2n) is 22.4. The summed E-state index contributed by atoms with van der Waals surface area (Å²) in [6.07, 6.45) is 10.0. The van der Waals surface area contributed by atoms with Gasteiger partial charge in [0.05, 0.1) is 23.8 Å². The third-order valence-corrected chi connectivity index (χ3v) is 15.1. The number of carbonyl (C=O) groups excluding carboxylic acids is 4. The number of carbonyl (C=O) groups is 4. The molecule has 3 fully saturated rings. The molecule has 9 heterocycles. The number of nitrogens with two attached hydrogens (primary N) is 1. The number of hydrogen-bond acceptors (Lipinski definition) is 19. The van der Waals surface area contributed by atoms with E-state index in [4.69, 9.17) is 53.3 Å². The second kappa shape index (κ2) is 27.9. The Morgan fingerprint density at radius 1 is 0.628 bits per heavy atom. The lowest BCUT2D eigenvalue weighted by Gasteiger charge is -2.29. The molecule has 3 unspecified atom stereocenters. The highest BCUT2D eigenvalue weighted by molar-refractivity contribution is 5.86. The molecule has 6 N–H and O–H groups in total. The molecular formula is C62H75N11O13. The molecule has 7 aliphatic rings. The first-order valence-corrected chi connectivity index (χ1v) is 29.0. The van der Waals surface area contributed by atoms with Crippen molar-refractivity contribution in [3.8, 4) is 51.9 Å². The highest BCUT2D eigenvalue weighted by Crippen LogP contribution is 2.36. The fraction of sp³-hybridized carbons (Fsp3) is 0.435. The van der Waals surface area contributed by atoms with Gasteiger partial charge < -0.3 is 69.6 Å². The smallest absolute Gasteiger partial charge is 0.410 e. The molecule has 0 radical (unpaired) electrons. The highest BCUT2D eigenvalue weighted by atomic mass is 16.7. The number of benzene rings is 4. The molecule has 3 saturated heterocycles. The standard InChI is InChI=1S/C23H26N6O3.C18H24N2O5.C13H16N2O3.C8H9NO2/c1-15-10-18(27-23(26-15)28-9-7-24-13-28)16(2)29-8-3-4-19(29)22(30)25-12-17-5-6-20-21(11-17)32-14-31-20;1-18(2,3)25-17(22)20-8-4-5-13(20)16(21)19-10-12-6-7-14-15(9-12)24-11-23-14;16-13(10-2-1-5-14-10)15-7-9-3-4-11-12(6-9)18-8-17-11;9-4-6-1-2-7-8(3-6)11-5-10-7/h5-7,9-11,13,16,19H,3-4,8,12,14H2,1-2H3,(H,25,30);6-7,9,13H,4-5,8,10-11H2,1-3H3,(H,19,21);3-4,6,10,14H,1-2,5,7-8H2,(H,15,16);1-3H,4-5,9H2/t16?,19-;;;/m1.../s1. The van der Waals surface area contributed by atoms with Crippen LogP contribution in [0.4, 0.5) is 4.79 Å². The largest absolute Gasteiger partial charge is 0.454 e. The molecule has 2 aromatic heterocycles. The average molecular weight is 1180 g/mol. The summed E-state index contributed by atoms with van der Waals surface area (Å²) in [6.45, 7) is 14.8. The summed E-state index contributed by atoms with van der Waals surface area (Å²) in [4.78, 5) is 66.8. The molecule has 4 amide bonds. The van der Waals surface area contributed by atoms with Crippen LogP contribution in [-0.2, 0) is 45.3 Å². The minimum Gasteiger partial charge on any atom is -0.454 e. The Labute approximate surface area is 499 Å². The molecule has 24 nitrogen and oxygen atoms in total. The Bertz CT molecular complexity index is 3340. The molecule has 0 saturated carbocycles. The summed E-state index contributed by atoms with van der Waals surface area (Å²) in [7, 11) is 0. The predicted molar refractivity (Wildman–Crippen MR) is 313 cm³/mol. The lowest BCUT2D eigenvalue weighted by atomic mass is 10.1. The van der Waals surface area contributed by atoms with Gasteiger partial charge in [0.1, 0.15) is 18.0 Å². The van der Waals surface area contributed by atoms with Crippen molar-refractivity contribution in [2.75, 3.05) is 46.8 Å². The van der Waals surface area contributed by atoms with E-state index in [1.165, 1.54) is 4.90 Å². The number of likely N-dealkylation sites (tertiary alicyclic amines) is 2. The number of nitrogens with one attached hydrogen (secondary N) is 4. The third kappa shape index (κ3) is 15.5. The van der Waals surface area contributed by atoms with Gasteiger partial charge in [0.2, 0.25) is 50.8 Å². The molecule has 4 aromatic carbocycles. The van der Waals surface area contributed by atoms with E-state index >= 15 is 0 Å². The summed E-state index contributed by atoms with van der Waals surface area (Å²) in [6, 6.07) is 24.0. The van der Waals surface area contributed by atoms with Crippen molar-refractivity contribution in [2.24, 2.45) is 5.73 Å². The maximum Gasteiger partial charge on any atom is 0.410 e. The van der Waals surface area contributed by atoms with Crippen LogP contribution in [0, 0.1) is 6.92 Å². The maximum absolute atomic E-state index is 13.1. The van der Waals surface area contributed by atoms with Gasteiger partial charge in [0, 0.05) is 50.8 Å². The quantitative estimate of drug-likeness (QED) is 0.0811. The number of aryl methyl sites for hydroxylation is 1. The minimum atomic E-state index is -0.576. The molecule has 0 spiro atoms. The lowest BCUT2D eigenvalue weighted by molar-refractivity contribution is -0.126. The van der Waals surface area contributed by atoms with Crippen molar-refractivity contribution in [3.63, 3.8) is 0 Å².